The first-order chi connectivity index (χ1) is 25.1. The molecule has 4 bridgehead atoms. The van der Waals surface area contributed by atoms with Gasteiger partial charge in [0.2, 0.25) is 5.91 Å². The number of Topliss-reactive ketones (excluding diaryl/α,β-unsaturated/α-hetero) is 1. The van der Waals surface area contributed by atoms with Crippen LogP contribution in [0, 0.1) is 5.92 Å². The van der Waals surface area contributed by atoms with Crippen molar-refractivity contribution in [2.75, 3.05) is 26.2 Å². The summed E-state index contributed by atoms with van der Waals surface area (Å²) >= 11 is 6.76. The third-order valence-corrected chi connectivity index (χ3v) is 10.8. The predicted molar refractivity (Wildman–Crippen MR) is 198 cm³/mol. The Kier molecular flexibility index (Phi) is 12.4. The number of alkyl carbamates (subject to hydrolysis) is 1. The van der Waals surface area contributed by atoms with Crippen LogP contribution in [0.2, 0.25) is 5.02 Å². The van der Waals surface area contributed by atoms with Gasteiger partial charge in [-0.1, -0.05) is 66.6 Å². The Hall–Kier alpha value is -4.23. The van der Waals surface area contributed by atoms with E-state index in [1.54, 1.807) is 44.3 Å². The first kappa shape index (κ1) is 40.0. The maximum atomic E-state index is 14.1. The fourth-order valence-corrected chi connectivity index (χ4v) is 7.48. The summed E-state index contributed by atoms with van der Waals surface area (Å²) in [7, 11) is 4.55. The summed E-state index contributed by atoms with van der Waals surface area (Å²) in [6, 6.07) is 10.9. The van der Waals surface area contributed by atoms with Crippen molar-refractivity contribution in [2.45, 2.75) is 102 Å². The molecule has 2 fully saturated rings. The summed E-state index contributed by atoms with van der Waals surface area (Å²) in [5, 5.41) is 14.5. The number of ketones is 1. The fourth-order valence-electron chi connectivity index (χ4n) is 7.17. The molecule has 2 amide bonds. The minimum atomic E-state index is -1.80. The average Bonchev–Trinajstić information content (AvgIpc) is 3.81. The molecule has 2 aromatic rings. The standard InChI is InChI=1S/C40H49ClN2O10/c1-23-10-8-12-32(50-7)40(48)22-31(51-38(47)42-40)24(2)37-39(4,53-37)33(52-35(46)13-9-11-26-14-16-28(17-15-26)25(3)44)21-34(45)43(5)29-19-27(18-23)20-30(49-6)36(29)41/h8,10,12,14-17,19-20,24,31-33,37,48H,9,11,13,18,21-22H2,1-7H3,(H,42,47)/b12-8+,23-10+/t24-,31+,32-,33+,37+,39+,40+/m1/s1. The lowest BCUT2D eigenvalue weighted by molar-refractivity contribution is -0.154. The number of nitrogens with one attached hydrogen (secondary N) is 1. The van der Waals surface area contributed by atoms with Crippen LogP contribution in [0.5, 0.6) is 5.75 Å². The van der Waals surface area contributed by atoms with E-state index in [0.717, 1.165) is 16.7 Å². The van der Waals surface area contributed by atoms with Gasteiger partial charge >= 0.3 is 12.1 Å². The van der Waals surface area contributed by atoms with Gasteiger partial charge in [0, 0.05) is 38.5 Å². The largest absolute Gasteiger partial charge is 0.495 e. The summed E-state index contributed by atoms with van der Waals surface area (Å²) in [6.45, 7) is 7.03. The molecule has 0 aromatic heterocycles. The van der Waals surface area contributed by atoms with Crippen LogP contribution < -0.4 is 15.0 Å². The Morgan fingerprint density at radius 2 is 1.87 bits per heavy atom. The number of hydrogen-bond donors (Lipinski definition) is 2. The van der Waals surface area contributed by atoms with Gasteiger partial charge in [-0.25, -0.2) is 4.79 Å². The van der Waals surface area contributed by atoms with Crippen molar-refractivity contribution in [3.8, 4) is 5.75 Å². The first-order valence-corrected chi connectivity index (χ1v) is 18.1. The minimum absolute atomic E-state index is 0.0221. The Morgan fingerprint density at radius 3 is 2.53 bits per heavy atom. The number of hydrogen-bond acceptors (Lipinski definition) is 10. The molecule has 0 saturated carbocycles. The number of benzene rings is 2. The maximum Gasteiger partial charge on any atom is 0.409 e. The summed E-state index contributed by atoms with van der Waals surface area (Å²) < 4.78 is 29.2. The molecule has 3 aliphatic rings. The second-order valence-electron chi connectivity index (χ2n) is 14.4. The second-order valence-corrected chi connectivity index (χ2v) is 14.8. The molecule has 3 aliphatic heterocycles. The van der Waals surface area contributed by atoms with Crippen molar-refractivity contribution in [1.29, 1.82) is 0 Å². The van der Waals surface area contributed by atoms with E-state index in [2.05, 4.69) is 5.32 Å². The SMILES string of the molecule is COc1cc2cc(c1Cl)N(C)C(=O)C[C@H](OC(=O)CCCc1ccc(C(C)=O)cc1)[C@]1(C)O[C@H]1[C@H](C)[C@@H]1C[C@@](O)(NC(=O)O1)[C@H](OC)/C=C/C=C(\C)C2. The van der Waals surface area contributed by atoms with Crippen LogP contribution in [0.25, 0.3) is 0 Å². The van der Waals surface area contributed by atoms with Gasteiger partial charge in [0.15, 0.2) is 11.5 Å². The number of ether oxygens (including phenoxy) is 5. The monoisotopic (exact) mass is 752 g/mol. The van der Waals surface area contributed by atoms with E-state index in [1.807, 2.05) is 38.1 Å². The van der Waals surface area contributed by atoms with Crippen LogP contribution in [0.15, 0.2) is 60.2 Å². The molecule has 2 saturated heterocycles. The highest BCUT2D eigenvalue weighted by Gasteiger charge is 2.64. The van der Waals surface area contributed by atoms with E-state index in [1.165, 1.54) is 26.0 Å². The lowest BCUT2D eigenvalue weighted by Gasteiger charge is -2.42. The zero-order valence-electron chi connectivity index (χ0n) is 31.3. The highest BCUT2D eigenvalue weighted by atomic mass is 35.5. The van der Waals surface area contributed by atoms with E-state index < -0.39 is 53.7 Å². The van der Waals surface area contributed by atoms with Crippen LogP contribution in [0.3, 0.4) is 0 Å². The number of methoxy groups -OCH3 is 2. The number of rotatable bonds is 8. The molecule has 2 N–H and O–H groups in total. The molecule has 7 atom stereocenters. The first-order valence-electron chi connectivity index (χ1n) is 17.8. The number of nitrogens with zero attached hydrogens (tertiary/aromatic N) is 1. The lowest BCUT2D eigenvalue weighted by Crippen LogP contribution is -2.63. The van der Waals surface area contributed by atoms with E-state index in [9.17, 15) is 24.3 Å². The van der Waals surface area contributed by atoms with Crippen LogP contribution in [-0.2, 0) is 41.4 Å². The van der Waals surface area contributed by atoms with Crippen LogP contribution >= 0.6 is 11.6 Å². The summed E-state index contributed by atoms with van der Waals surface area (Å²) in [4.78, 5) is 53.4. The van der Waals surface area contributed by atoms with E-state index in [4.69, 9.17) is 35.3 Å². The van der Waals surface area contributed by atoms with Crippen molar-refractivity contribution in [1.82, 2.24) is 5.32 Å². The highest BCUT2D eigenvalue weighted by molar-refractivity contribution is 6.35. The number of halogens is 1. The van der Waals surface area contributed by atoms with Crippen molar-refractivity contribution in [3.63, 3.8) is 0 Å². The van der Waals surface area contributed by atoms with Gasteiger partial charge in [-0.15, -0.1) is 0 Å². The number of aryl methyl sites for hydroxylation is 1. The van der Waals surface area contributed by atoms with Gasteiger partial charge in [0.25, 0.3) is 0 Å². The van der Waals surface area contributed by atoms with E-state index in [0.29, 0.717) is 36.3 Å². The average molecular weight is 753 g/mol. The molecule has 0 spiro atoms. The Bertz CT molecular complexity index is 1780. The number of aliphatic hydroxyl groups is 1. The normalized spacial score (nSPS) is 30.5. The Morgan fingerprint density at radius 1 is 1.15 bits per heavy atom. The quantitative estimate of drug-likeness (QED) is 0.190. The molecule has 13 heteroatoms. The number of epoxide rings is 1. The number of fused-ring (bicyclic) bond motifs is 5. The van der Waals surface area contributed by atoms with Crippen molar-refractivity contribution < 1.29 is 48.0 Å². The van der Waals surface area contributed by atoms with Crippen molar-refractivity contribution >= 4 is 41.0 Å². The lowest BCUT2D eigenvalue weighted by atomic mass is 9.83. The molecule has 2 aromatic carbocycles. The third kappa shape index (κ3) is 9.12. The summed E-state index contributed by atoms with van der Waals surface area (Å²) in [5.41, 5.74) is 0.853. The van der Waals surface area contributed by atoms with Gasteiger partial charge in [0.05, 0.1) is 25.3 Å². The summed E-state index contributed by atoms with van der Waals surface area (Å²) in [6.07, 6.45) is 2.49. The van der Waals surface area contributed by atoms with E-state index >= 15 is 0 Å². The molecule has 3 heterocycles. The molecule has 0 aliphatic carbocycles. The van der Waals surface area contributed by atoms with Crippen LogP contribution in [-0.4, -0.2) is 85.9 Å². The minimum Gasteiger partial charge on any atom is -0.495 e. The molecular weight excluding hydrogens is 704 g/mol. The molecule has 53 heavy (non-hydrogen) atoms. The fraction of sp³-hybridized carbons (Fsp3) is 0.500. The third-order valence-electron chi connectivity index (χ3n) is 10.4. The van der Waals surface area contributed by atoms with Crippen molar-refractivity contribution in [2.24, 2.45) is 5.92 Å². The Balaban J connectivity index is 1.45. The van der Waals surface area contributed by atoms with Gasteiger partial charge < -0.3 is 33.7 Å². The zero-order chi connectivity index (χ0) is 38.7. The van der Waals surface area contributed by atoms with Gasteiger partial charge in [-0.3, -0.25) is 19.7 Å². The molecule has 5 rings (SSSR count). The molecule has 12 nitrogen and oxygen atoms in total. The number of amides is 2. The van der Waals surface area contributed by atoms with Crippen LogP contribution in [0.1, 0.15) is 74.9 Å². The Labute approximate surface area is 315 Å². The second kappa shape index (κ2) is 16.4. The van der Waals surface area contributed by atoms with Gasteiger partial charge in [0.1, 0.15) is 34.7 Å². The smallest absolute Gasteiger partial charge is 0.409 e. The number of carbonyl (C=O) groups excluding carboxylic acids is 4. The van der Waals surface area contributed by atoms with Gasteiger partial charge in [-0.05, 0) is 63.3 Å². The number of carbonyl (C=O) groups is 4. The molecule has 0 radical (unpaired) electrons. The number of esters is 1. The predicted octanol–water partition coefficient (Wildman–Crippen LogP) is 5.89. The molecule has 0 unspecified atom stereocenters. The van der Waals surface area contributed by atoms with Crippen LogP contribution in [0.4, 0.5) is 10.5 Å². The summed E-state index contributed by atoms with van der Waals surface area (Å²) in [5.74, 6) is -0.996. The maximum absolute atomic E-state index is 14.1. The highest BCUT2D eigenvalue weighted by Crippen LogP contribution is 2.49. The molecular formula is C40H49ClN2O10. The molecule has 286 valence electrons. The number of allylic oxidation sites excluding steroid dienone is 3. The van der Waals surface area contributed by atoms with Gasteiger partial charge in [-0.2, -0.15) is 0 Å². The topological polar surface area (TPSA) is 153 Å². The van der Waals surface area contributed by atoms with Crippen molar-refractivity contribution in [3.05, 3.63) is 81.9 Å². The van der Waals surface area contributed by atoms with E-state index in [-0.39, 0.29) is 36.0 Å². The number of anilines is 1. The zero-order valence-corrected chi connectivity index (χ0v) is 32.0.